The lowest BCUT2D eigenvalue weighted by Gasteiger charge is -2.34. The number of hydrogen-bond acceptors (Lipinski definition) is 4. The summed E-state index contributed by atoms with van der Waals surface area (Å²) < 4.78 is 0. The Morgan fingerprint density at radius 3 is 1.82 bits per heavy atom. The van der Waals surface area contributed by atoms with E-state index in [2.05, 4.69) is 31.3 Å². The van der Waals surface area contributed by atoms with Crippen molar-refractivity contribution >= 4 is 17.7 Å². The minimum atomic E-state index is -0.852. The van der Waals surface area contributed by atoms with Crippen molar-refractivity contribution in [3.8, 4) is 11.1 Å². The average Bonchev–Trinajstić information content (AvgIpc) is 3.16. The summed E-state index contributed by atoms with van der Waals surface area (Å²) in [4.78, 5) is 45.1. The van der Waals surface area contributed by atoms with Crippen molar-refractivity contribution in [1.82, 2.24) is 15.1 Å². The van der Waals surface area contributed by atoms with Gasteiger partial charge < -0.3 is 20.9 Å². The van der Waals surface area contributed by atoms with Crippen LogP contribution in [0.3, 0.4) is 0 Å². The van der Waals surface area contributed by atoms with Crippen LogP contribution in [-0.2, 0) is 33.6 Å². The summed E-state index contributed by atoms with van der Waals surface area (Å²) in [5, 5.41) is 3.07. The van der Waals surface area contributed by atoms with E-state index in [0.717, 1.165) is 47.1 Å². The molecule has 0 aliphatic heterocycles. The molecule has 0 heterocycles. The molecule has 0 aliphatic carbocycles. The van der Waals surface area contributed by atoms with E-state index in [-0.39, 0.29) is 29.7 Å². The Morgan fingerprint density at radius 1 is 0.706 bits per heavy atom. The van der Waals surface area contributed by atoms with Crippen LogP contribution < -0.4 is 11.1 Å². The molecule has 0 radical (unpaired) electrons. The van der Waals surface area contributed by atoms with E-state index in [9.17, 15) is 14.4 Å². The van der Waals surface area contributed by atoms with Gasteiger partial charge in [-0.05, 0) is 59.6 Å². The number of nitrogens with one attached hydrogen (secondary N) is 1. The molecule has 0 fully saturated rings. The number of benzene rings is 4. The lowest BCUT2D eigenvalue weighted by atomic mass is 9.88. The second-order valence-corrected chi connectivity index (χ2v) is 13.5. The maximum Gasteiger partial charge on any atom is 0.246 e. The van der Waals surface area contributed by atoms with Gasteiger partial charge in [-0.1, -0.05) is 142 Å². The van der Waals surface area contributed by atoms with E-state index in [1.54, 1.807) is 14.1 Å². The minimum Gasteiger partial charge on any atom is -0.354 e. The molecule has 0 saturated carbocycles. The highest BCUT2D eigenvalue weighted by Gasteiger charge is 2.35. The number of carbonyl (C=O) groups is 3. The summed E-state index contributed by atoms with van der Waals surface area (Å²) in [6.45, 7) is 4.61. The van der Waals surface area contributed by atoms with Crippen molar-refractivity contribution in [2.24, 2.45) is 5.73 Å². The number of carbonyl (C=O) groups excluding carboxylic acids is 3. The molecule has 4 aromatic rings. The third kappa shape index (κ3) is 11.5. The van der Waals surface area contributed by atoms with Crippen LogP contribution >= 0.6 is 0 Å². The first-order chi connectivity index (χ1) is 24.6. The van der Waals surface area contributed by atoms with Gasteiger partial charge in [0.05, 0.1) is 0 Å². The van der Waals surface area contributed by atoms with Crippen molar-refractivity contribution in [1.29, 1.82) is 0 Å². The van der Waals surface area contributed by atoms with Crippen molar-refractivity contribution in [2.45, 2.75) is 76.4 Å². The topological polar surface area (TPSA) is 95.7 Å². The van der Waals surface area contributed by atoms with E-state index in [1.807, 2.05) is 109 Å². The largest absolute Gasteiger partial charge is 0.354 e. The minimum absolute atomic E-state index is 0.236. The Labute approximate surface area is 304 Å². The molecule has 0 saturated heterocycles. The molecule has 51 heavy (non-hydrogen) atoms. The number of nitrogens with zero attached hydrogens (tertiary/aromatic N) is 2. The zero-order chi connectivity index (χ0) is 36.6. The second kappa shape index (κ2) is 19.4. The SMILES string of the molecule is CCCC(N)(CC)C/C=C/C(=O)N(C)[C@H](Cc1ccc(-c2ccccc2)cc1)C(=O)N(C)[C@H](Cc1ccccc1)C(=O)NCCc1ccccc1. The highest BCUT2D eigenvalue weighted by Crippen LogP contribution is 2.22. The molecule has 3 amide bonds. The van der Waals surface area contributed by atoms with Crippen LogP contribution in [0.2, 0.25) is 0 Å². The highest BCUT2D eigenvalue weighted by molar-refractivity contribution is 5.95. The monoisotopic (exact) mass is 686 g/mol. The normalized spacial score (nSPS) is 13.6. The number of nitrogens with two attached hydrogens (primary N) is 1. The molecular formula is C44H54N4O3. The van der Waals surface area contributed by atoms with Crippen LogP contribution in [0.4, 0.5) is 0 Å². The first kappa shape index (κ1) is 38.8. The third-order valence-corrected chi connectivity index (χ3v) is 9.77. The highest BCUT2D eigenvalue weighted by atomic mass is 16.2. The smallest absolute Gasteiger partial charge is 0.246 e. The fourth-order valence-corrected chi connectivity index (χ4v) is 6.39. The summed E-state index contributed by atoms with van der Waals surface area (Å²) in [7, 11) is 3.33. The first-order valence-electron chi connectivity index (χ1n) is 18.1. The zero-order valence-corrected chi connectivity index (χ0v) is 30.6. The zero-order valence-electron chi connectivity index (χ0n) is 30.6. The number of likely N-dealkylation sites (N-methyl/N-ethyl adjacent to an activating group) is 2. The molecule has 3 atom stereocenters. The van der Waals surface area contributed by atoms with Gasteiger partial charge in [-0.2, -0.15) is 0 Å². The van der Waals surface area contributed by atoms with Crippen LogP contribution in [0, 0.1) is 0 Å². The van der Waals surface area contributed by atoms with Crippen molar-refractivity contribution in [3.63, 3.8) is 0 Å². The molecule has 3 N–H and O–H groups in total. The average molecular weight is 687 g/mol. The van der Waals surface area contributed by atoms with Gasteiger partial charge in [0.1, 0.15) is 12.1 Å². The van der Waals surface area contributed by atoms with Crippen molar-refractivity contribution in [3.05, 3.63) is 144 Å². The Kier molecular flexibility index (Phi) is 14.8. The molecule has 0 aromatic heterocycles. The number of hydrogen-bond donors (Lipinski definition) is 2. The molecule has 1 unspecified atom stereocenters. The van der Waals surface area contributed by atoms with E-state index < -0.39 is 12.1 Å². The Hall–Kier alpha value is -5.01. The summed E-state index contributed by atoms with van der Waals surface area (Å²) >= 11 is 0. The van der Waals surface area contributed by atoms with Crippen LogP contribution in [0.1, 0.15) is 56.2 Å². The predicted molar refractivity (Wildman–Crippen MR) is 208 cm³/mol. The van der Waals surface area contributed by atoms with Gasteiger partial charge in [-0.25, -0.2) is 0 Å². The lowest BCUT2D eigenvalue weighted by Crippen LogP contribution is -2.56. The Bertz CT molecular complexity index is 1690. The van der Waals surface area contributed by atoms with Gasteiger partial charge in [0, 0.05) is 39.0 Å². The van der Waals surface area contributed by atoms with Gasteiger partial charge in [0.25, 0.3) is 0 Å². The van der Waals surface area contributed by atoms with Crippen molar-refractivity contribution in [2.75, 3.05) is 20.6 Å². The quantitative estimate of drug-likeness (QED) is 0.110. The lowest BCUT2D eigenvalue weighted by molar-refractivity contribution is -0.146. The maximum absolute atomic E-state index is 14.6. The number of rotatable bonds is 18. The van der Waals surface area contributed by atoms with Gasteiger partial charge in [-0.3, -0.25) is 14.4 Å². The van der Waals surface area contributed by atoms with Crippen LogP contribution in [-0.4, -0.2) is 65.8 Å². The molecule has 7 heteroatoms. The first-order valence-corrected chi connectivity index (χ1v) is 18.1. The van der Waals surface area contributed by atoms with E-state index in [1.165, 1.54) is 15.9 Å². The summed E-state index contributed by atoms with van der Waals surface area (Å²) in [6.07, 6.45) is 7.85. The maximum atomic E-state index is 14.6. The van der Waals surface area contributed by atoms with E-state index in [0.29, 0.717) is 25.8 Å². The predicted octanol–water partition coefficient (Wildman–Crippen LogP) is 7.01. The standard InChI is InChI=1S/C44H54N4O3/c1-5-29-44(45,6-2)30-16-23-41(49)47(3)40(33-36-24-26-38(27-25-36)37-21-14-9-15-22-37)43(51)48(4)39(32-35-19-12-8-13-20-35)42(50)46-31-28-34-17-10-7-11-18-34/h7-27,39-40H,5-6,28-33,45H2,1-4H3,(H,46,50)/b23-16+/t39-,40-,44?/m1/s1. The Morgan fingerprint density at radius 2 is 1.24 bits per heavy atom. The molecule has 0 aliphatic rings. The third-order valence-electron chi connectivity index (χ3n) is 9.77. The molecule has 4 rings (SSSR count). The molecule has 268 valence electrons. The van der Waals surface area contributed by atoms with Crippen molar-refractivity contribution < 1.29 is 14.4 Å². The van der Waals surface area contributed by atoms with Gasteiger partial charge in [0.15, 0.2) is 0 Å². The molecule has 0 spiro atoms. The molecule has 0 bridgehead atoms. The summed E-state index contributed by atoms with van der Waals surface area (Å²) in [5.41, 5.74) is 11.3. The van der Waals surface area contributed by atoms with Gasteiger partial charge in [-0.15, -0.1) is 0 Å². The van der Waals surface area contributed by atoms with Gasteiger partial charge >= 0.3 is 0 Å². The Balaban J connectivity index is 1.59. The van der Waals surface area contributed by atoms with Gasteiger partial charge in [0.2, 0.25) is 17.7 Å². The summed E-state index contributed by atoms with van der Waals surface area (Å²) in [5.74, 6) is -0.831. The summed E-state index contributed by atoms with van der Waals surface area (Å²) in [6, 6.07) is 36.2. The van der Waals surface area contributed by atoms with Crippen LogP contribution in [0.25, 0.3) is 11.1 Å². The molecular weight excluding hydrogens is 633 g/mol. The van der Waals surface area contributed by atoms with Crippen LogP contribution in [0.15, 0.2) is 127 Å². The fraction of sp³-hybridized carbons (Fsp3) is 0.341. The van der Waals surface area contributed by atoms with E-state index in [4.69, 9.17) is 5.73 Å². The number of amides is 3. The van der Waals surface area contributed by atoms with Crippen LogP contribution in [0.5, 0.6) is 0 Å². The fourth-order valence-electron chi connectivity index (χ4n) is 6.39. The molecule has 4 aromatic carbocycles. The molecule has 7 nitrogen and oxygen atoms in total. The second-order valence-electron chi connectivity index (χ2n) is 13.5. The van der Waals surface area contributed by atoms with E-state index >= 15 is 0 Å².